The van der Waals surface area contributed by atoms with Gasteiger partial charge in [-0.05, 0) is 17.7 Å². The van der Waals surface area contributed by atoms with Crippen LogP contribution in [0.4, 0.5) is 0 Å². The van der Waals surface area contributed by atoms with Gasteiger partial charge in [-0.25, -0.2) is 0 Å². The Morgan fingerprint density at radius 2 is 1.45 bits per heavy atom. The van der Waals surface area contributed by atoms with Crippen LogP contribution in [-0.2, 0) is 4.74 Å². The zero-order valence-corrected chi connectivity index (χ0v) is 11.5. The minimum absolute atomic E-state index is 0.556. The van der Waals surface area contributed by atoms with Crippen molar-refractivity contribution in [1.82, 2.24) is 0 Å². The van der Waals surface area contributed by atoms with Crippen molar-refractivity contribution in [3.8, 4) is 11.5 Å². The molecule has 2 atom stereocenters. The fraction of sp³-hybridized carbons (Fsp3) is 0.250. The molecule has 0 saturated carbocycles. The standard InChI is InChI=1S/C16H18O4/c1-18-13-10-6-7-11-14(13)20-15(16(17)19-2)12-8-4-3-5-9-12/h3-11,15-17H,1-2H3. The molecule has 0 aliphatic carbocycles. The van der Waals surface area contributed by atoms with E-state index in [4.69, 9.17) is 14.2 Å². The van der Waals surface area contributed by atoms with E-state index < -0.39 is 12.4 Å². The van der Waals surface area contributed by atoms with Gasteiger partial charge in [0.2, 0.25) is 0 Å². The summed E-state index contributed by atoms with van der Waals surface area (Å²) in [4.78, 5) is 0. The lowest BCUT2D eigenvalue weighted by Gasteiger charge is -2.24. The van der Waals surface area contributed by atoms with Crippen molar-refractivity contribution in [3.05, 3.63) is 60.2 Å². The van der Waals surface area contributed by atoms with Crippen molar-refractivity contribution in [2.45, 2.75) is 12.4 Å². The van der Waals surface area contributed by atoms with E-state index in [0.717, 1.165) is 5.56 Å². The summed E-state index contributed by atoms with van der Waals surface area (Å²) < 4.78 is 16.1. The van der Waals surface area contributed by atoms with E-state index in [-0.39, 0.29) is 0 Å². The number of aliphatic hydroxyl groups excluding tert-OH is 1. The molecule has 2 aromatic carbocycles. The number of hydrogen-bond acceptors (Lipinski definition) is 4. The van der Waals surface area contributed by atoms with E-state index in [0.29, 0.717) is 11.5 Å². The van der Waals surface area contributed by atoms with Gasteiger partial charge in [0.1, 0.15) is 0 Å². The molecule has 2 unspecified atom stereocenters. The third-order valence-corrected chi connectivity index (χ3v) is 2.95. The van der Waals surface area contributed by atoms with Gasteiger partial charge in [-0.2, -0.15) is 0 Å². The van der Waals surface area contributed by atoms with Gasteiger partial charge in [0.25, 0.3) is 0 Å². The summed E-state index contributed by atoms with van der Waals surface area (Å²) in [6.07, 6.45) is -1.69. The van der Waals surface area contributed by atoms with Gasteiger partial charge in [-0.15, -0.1) is 0 Å². The maximum absolute atomic E-state index is 10.0. The summed E-state index contributed by atoms with van der Waals surface area (Å²) in [6.45, 7) is 0. The molecule has 0 aliphatic heterocycles. The number of benzene rings is 2. The first-order valence-electron chi connectivity index (χ1n) is 6.31. The maximum atomic E-state index is 10.0. The first-order valence-corrected chi connectivity index (χ1v) is 6.31. The van der Waals surface area contributed by atoms with Crippen molar-refractivity contribution in [2.24, 2.45) is 0 Å². The molecule has 4 nitrogen and oxygen atoms in total. The Morgan fingerprint density at radius 1 is 0.850 bits per heavy atom. The molecule has 0 fully saturated rings. The van der Waals surface area contributed by atoms with Gasteiger partial charge in [0.15, 0.2) is 23.9 Å². The minimum Gasteiger partial charge on any atom is -0.493 e. The topological polar surface area (TPSA) is 47.9 Å². The minimum atomic E-state index is -1.07. The molecule has 0 heterocycles. The van der Waals surface area contributed by atoms with Crippen LogP contribution in [0.3, 0.4) is 0 Å². The highest BCUT2D eigenvalue weighted by atomic mass is 16.6. The second-order valence-corrected chi connectivity index (χ2v) is 4.23. The largest absolute Gasteiger partial charge is 0.493 e. The van der Waals surface area contributed by atoms with Crippen LogP contribution < -0.4 is 9.47 Å². The third kappa shape index (κ3) is 3.29. The molecule has 106 valence electrons. The number of hydrogen-bond donors (Lipinski definition) is 1. The molecule has 2 rings (SSSR count). The van der Waals surface area contributed by atoms with E-state index in [1.54, 1.807) is 19.2 Å². The van der Waals surface area contributed by atoms with Crippen LogP contribution in [0, 0.1) is 0 Å². The Hall–Kier alpha value is -2.04. The van der Waals surface area contributed by atoms with Crippen LogP contribution in [0.2, 0.25) is 0 Å². The van der Waals surface area contributed by atoms with Crippen LogP contribution in [0.5, 0.6) is 11.5 Å². The molecule has 0 bridgehead atoms. The van der Waals surface area contributed by atoms with E-state index in [1.807, 2.05) is 42.5 Å². The average Bonchev–Trinajstić information content (AvgIpc) is 2.53. The van der Waals surface area contributed by atoms with Gasteiger partial charge < -0.3 is 19.3 Å². The zero-order chi connectivity index (χ0) is 14.4. The van der Waals surface area contributed by atoms with Gasteiger partial charge in [0, 0.05) is 7.11 Å². The summed E-state index contributed by atoms with van der Waals surface area (Å²) in [5.74, 6) is 1.16. The monoisotopic (exact) mass is 274 g/mol. The molecule has 0 radical (unpaired) electrons. The molecule has 4 heteroatoms. The fourth-order valence-electron chi connectivity index (χ4n) is 1.91. The zero-order valence-electron chi connectivity index (χ0n) is 11.5. The van der Waals surface area contributed by atoms with Crippen molar-refractivity contribution in [1.29, 1.82) is 0 Å². The second-order valence-electron chi connectivity index (χ2n) is 4.23. The van der Waals surface area contributed by atoms with Gasteiger partial charge in [-0.3, -0.25) is 0 Å². The summed E-state index contributed by atoms with van der Waals surface area (Å²) in [7, 11) is 3.01. The Balaban J connectivity index is 2.29. The number of methoxy groups -OCH3 is 2. The molecule has 20 heavy (non-hydrogen) atoms. The van der Waals surface area contributed by atoms with E-state index >= 15 is 0 Å². The number of para-hydroxylation sites is 2. The van der Waals surface area contributed by atoms with E-state index in [9.17, 15) is 5.11 Å². The molecular formula is C16H18O4. The SMILES string of the molecule is COc1ccccc1OC(c1ccccc1)C(O)OC. The highest BCUT2D eigenvalue weighted by Crippen LogP contribution is 2.32. The Morgan fingerprint density at radius 3 is 2.05 bits per heavy atom. The van der Waals surface area contributed by atoms with Gasteiger partial charge in [0.05, 0.1) is 7.11 Å². The summed E-state index contributed by atoms with van der Waals surface area (Å²) in [6, 6.07) is 16.7. The predicted octanol–water partition coefficient (Wildman–Crippen LogP) is 2.78. The smallest absolute Gasteiger partial charge is 0.196 e. The van der Waals surface area contributed by atoms with Crippen LogP contribution in [0.25, 0.3) is 0 Å². The van der Waals surface area contributed by atoms with E-state index in [2.05, 4.69) is 0 Å². The molecular weight excluding hydrogens is 256 g/mol. The predicted molar refractivity (Wildman–Crippen MR) is 75.8 cm³/mol. The molecule has 0 saturated heterocycles. The highest BCUT2D eigenvalue weighted by molar-refractivity contribution is 5.40. The number of ether oxygens (including phenoxy) is 3. The number of rotatable bonds is 6. The number of aliphatic hydroxyl groups is 1. The van der Waals surface area contributed by atoms with Gasteiger partial charge >= 0.3 is 0 Å². The molecule has 2 aromatic rings. The molecule has 0 aromatic heterocycles. The lowest BCUT2D eigenvalue weighted by Crippen LogP contribution is -2.25. The lowest BCUT2D eigenvalue weighted by molar-refractivity contribution is -0.137. The summed E-state index contributed by atoms with van der Waals surface area (Å²) in [5.41, 5.74) is 0.827. The second kappa shape index (κ2) is 6.93. The Bertz CT molecular complexity index is 527. The quantitative estimate of drug-likeness (QED) is 0.823. The maximum Gasteiger partial charge on any atom is 0.196 e. The Kier molecular flexibility index (Phi) is 4.98. The third-order valence-electron chi connectivity index (χ3n) is 2.95. The normalized spacial score (nSPS) is 13.6. The summed E-state index contributed by atoms with van der Waals surface area (Å²) >= 11 is 0. The van der Waals surface area contributed by atoms with Crippen molar-refractivity contribution < 1.29 is 19.3 Å². The van der Waals surface area contributed by atoms with Crippen molar-refractivity contribution in [2.75, 3.05) is 14.2 Å². The van der Waals surface area contributed by atoms with Crippen molar-refractivity contribution in [3.63, 3.8) is 0 Å². The van der Waals surface area contributed by atoms with Crippen molar-refractivity contribution >= 4 is 0 Å². The van der Waals surface area contributed by atoms with E-state index in [1.165, 1.54) is 7.11 Å². The molecule has 1 N–H and O–H groups in total. The Labute approximate surface area is 118 Å². The van der Waals surface area contributed by atoms with Crippen LogP contribution in [0.1, 0.15) is 11.7 Å². The lowest BCUT2D eigenvalue weighted by atomic mass is 10.1. The molecule has 0 spiro atoms. The first-order chi connectivity index (χ1) is 9.76. The van der Waals surface area contributed by atoms with Gasteiger partial charge in [-0.1, -0.05) is 42.5 Å². The van der Waals surface area contributed by atoms with Crippen LogP contribution >= 0.6 is 0 Å². The molecule has 0 amide bonds. The highest BCUT2D eigenvalue weighted by Gasteiger charge is 2.24. The van der Waals surface area contributed by atoms with Crippen LogP contribution in [-0.4, -0.2) is 25.6 Å². The van der Waals surface area contributed by atoms with Crippen LogP contribution in [0.15, 0.2) is 54.6 Å². The molecule has 0 aliphatic rings. The fourth-order valence-corrected chi connectivity index (χ4v) is 1.91. The average molecular weight is 274 g/mol. The first kappa shape index (κ1) is 14.4. The summed E-state index contributed by atoms with van der Waals surface area (Å²) in [5, 5.41) is 10.0.